The van der Waals surface area contributed by atoms with Crippen molar-refractivity contribution < 1.29 is 9.53 Å². The Morgan fingerprint density at radius 2 is 2.15 bits per heavy atom. The number of aromatic nitrogens is 5. The number of rotatable bonds is 4. The van der Waals surface area contributed by atoms with E-state index in [0.717, 1.165) is 10.9 Å². The molecule has 9 heteroatoms. The summed E-state index contributed by atoms with van der Waals surface area (Å²) in [5.74, 6) is 0.608. The number of tetrazole rings is 1. The molecule has 132 valence electrons. The van der Waals surface area contributed by atoms with Crippen LogP contribution >= 0.6 is 0 Å². The molecule has 9 nitrogen and oxygen atoms in total. The number of hydrogen-bond donors (Lipinski definition) is 3. The molecule has 4 aromatic rings. The summed E-state index contributed by atoms with van der Waals surface area (Å²) in [6.45, 7) is 0. The Kier molecular flexibility index (Phi) is 3.99. The SMILES string of the molecule is COc1cccc2[nH]c(C(=O)Nc3ccc(C#N)cc3-c3nn[nH]n3)cc12. The Balaban J connectivity index is 1.70. The van der Waals surface area contributed by atoms with Crippen LogP contribution in [0.2, 0.25) is 0 Å². The standard InChI is InChI=1S/C18H13N7O2/c1-27-16-4-2-3-13-11(16)8-15(20-13)18(26)21-14-6-5-10(9-19)7-12(14)17-22-24-25-23-17/h2-8,20H,1H3,(H,21,26)(H,22,23,24,25). The number of aromatic amines is 2. The summed E-state index contributed by atoms with van der Waals surface area (Å²) in [6.07, 6.45) is 0. The molecule has 0 unspecified atom stereocenters. The van der Waals surface area contributed by atoms with Gasteiger partial charge in [0.25, 0.3) is 5.91 Å². The molecule has 0 bridgehead atoms. The Morgan fingerprint density at radius 3 is 2.89 bits per heavy atom. The quantitative estimate of drug-likeness (QED) is 0.513. The highest BCUT2D eigenvalue weighted by atomic mass is 16.5. The molecule has 0 radical (unpaired) electrons. The van der Waals surface area contributed by atoms with Gasteiger partial charge < -0.3 is 15.0 Å². The van der Waals surface area contributed by atoms with Crippen LogP contribution in [0, 0.1) is 11.3 Å². The summed E-state index contributed by atoms with van der Waals surface area (Å²) in [7, 11) is 1.58. The number of carbonyl (C=O) groups excluding carboxylic acids is 1. The largest absolute Gasteiger partial charge is 0.496 e. The molecule has 2 aromatic heterocycles. The molecule has 0 saturated carbocycles. The molecule has 2 heterocycles. The molecule has 1 amide bonds. The molecule has 2 aromatic carbocycles. The third-order valence-corrected chi connectivity index (χ3v) is 4.07. The highest BCUT2D eigenvalue weighted by Crippen LogP contribution is 2.28. The molecule has 4 rings (SSSR count). The van der Waals surface area contributed by atoms with Crippen molar-refractivity contribution in [2.75, 3.05) is 12.4 Å². The number of amides is 1. The average molecular weight is 359 g/mol. The van der Waals surface area contributed by atoms with Crippen molar-refractivity contribution in [2.45, 2.75) is 0 Å². The highest BCUT2D eigenvalue weighted by molar-refractivity contribution is 6.08. The number of nitrogens with zero attached hydrogens (tertiary/aromatic N) is 4. The van der Waals surface area contributed by atoms with E-state index in [-0.39, 0.29) is 11.7 Å². The van der Waals surface area contributed by atoms with Crippen molar-refractivity contribution in [2.24, 2.45) is 0 Å². The summed E-state index contributed by atoms with van der Waals surface area (Å²) in [6, 6.07) is 14.1. The summed E-state index contributed by atoms with van der Waals surface area (Å²) in [4.78, 5) is 15.8. The van der Waals surface area contributed by atoms with Gasteiger partial charge in [-0.25, -0.2) is 0 Å². The smallest absolute Gasteiger partial charge is 0.272 e. The fraction of sp³-hybridized carbons (Fsp3) is 0.0556. The minimum atomic E-state index is -0.345. The fourth-order valence-electron chi connectivity index (χ4n) is 2.80. The van der Waals surface area contributed by atoms with E-state index in [1.807, 2.05) is 18.2 Å². The van der Waals surface area contributed by atoms with E-state index in [1.165, 1.54) is 0 Å². The second kappa shape index (κ2) is 6.61. The molecular formula is C18H13N7O2. The number of benzene rings is 2. The van der Waals surface area contributed by atoms with E-state index in [9.17, 15) is 4.79 Å². The first-order valence-electron chi connectivity index (χ1n) is 7.94. The molecule has 3 N–H and O–H groups in total. The zero-order chi connectivity index (χ0) is 18.8. The predicted molar refractivity (Wildman–Crippen MR) is 97.1 cm³/mol. The van der Waals surface area contributed by atoms with Crippen molar-refractivity contribution in [1.29, 1.82) is 5.26 Å². The maximum atomic E-state index is 12.7. The number of nitriles is 1. The normalized spacial score (nSPS) is 10.5. The fourth-order valence-corrected chi connectivity index (χ4v) is 2.80. The maximum Gasteiger partial charge on any atom is 0.272 e. The number of methoxy groups -OCH3 is 1. The molecule has 0 fully saturated rings. The monoisotopic (exact) mass is 359 g/mol. The van der Waals surface area contributed by atoms with Gasteiger partial charge in [0, 0.05) is 16.5 Å². The molecule has 0 spiro atoms. The van der Waals surface area contributed by atoms with Crippen molar-refractivity contribution >= 4 is 22.5 Å². The zero-order valence-corrected chi connectivity index (χ0v) is 14.1. The van der Waals surface area contributed by atoms with Gasteiger partial charge in [-0.3, -0.25) is 4.79 Å². The van der Waals surface area contributed by atoms with Gasteiger partial charge in [0.2, 0.25) is 5.82 Å². The highest BCUT2D eigenvalue weighted by Gasteiger charge is 2.16. The van der Waals surface area contributed by atoms with Crippen LogP contribution in [0.5, 0.6) is 5.75 Å². The van der Waals surface area contributed by atoms with Crippen molar-refractivity contribution in [3.63, 3.8) is 0 Å². The number of ether oxygens (including phenoxy) is 1. The molecule has 0 aliphatic carbocycles. The Morgan fingerprint density at radius 1 is 1.26 bits per heavy atom. The Labute approximate surface area is 153 Å². The second-order valence-electron chi connectivity index (χ2n) is 5.67. The van der Waals surface area contributed by atoms with Crippen LogP contribution in [0.15, 0.2) is 42.5 Å². The first kappa shape index (κ1) is 16.3. The lowest BCUT2D eigenvalue weighted by Gasteiger charge is -2.08. The second-order valence-corrected chi connectivity index (χ2v) is 5.67. The minimum absolute atomic E-state index is 0.278. The molecule has 0 atom stereocenters. The van der Waals surface area contributed by atoms with Crippen molar-refractivity contribution in [3.05, 3.63) is 53.7 Å². The summed E-state index contributed by atoms with van der Waals surface area (Å²) in [5.41, 5.74) is 2.54. The van der Waals surface area contributed by atoms with Crippen molar-refractivity contribution in [1.82, 2.24) is 25.6 Å². The molecule has 0 saturated heterocycles. The van der Waals surface area contributed by atoms with E-state index in [2.05, 4.69) is 37.0 Å². The van der Waals surface area contributed by atoms with Gasteiger partial charge >= 0.3 is 0 Å². The van der Waals surface area contributed by atoms with Gasteiger partial charge in [-0.2, -0.15) is 10.5 Å². The van der Waals surface area contributed by atoms with Crippen LogP contribution in [0.25, 0.3) is 22.3 Å². The minimum Gasteiger partial charge on any atom is -0.496 e. The first-order chi connectivity index (χ1) is 13.2. The Hall–Kier alpha value is -4.19. The van der Waals surface area contributed by atoms with E-state index in [0.29, 0.717) is 28.3 Å². The van der Waals surface area contributed by atoms with Crippen LogP contribution < -0.4 is 10.1 Å². The summed E-state index contributed by atoms with van der Waals surface area (Å²) >= 11 is 0. The topological polar surface area (TPSA) is 132 Å². The van der Waals surface area contributed by atoms with Crippen LogP contribution in [0.4, 0.5) is 5.69 Å². The van der Waals surface area contributed by atoms with Gasteiger partial charge in [-0.05, 0) is 41.6 Å². The molecular weight excluding hydrogens is 346 g/mol. The van der Waals surface area contributed by atoms with Crippen LogP contribution in [0.1, 0.15) is 16.1 Å². The lowest BCUT2D eigenvalue weighted by molar-refractivity contribution is 0.102. The maximum absolute atomic E-state index is 12.7. The van der Waals surface area contributed by atoms with E-state index in [4.69, 9.17) is 10.00 Å². The van der Waals surface area contributed by atoms with Crippen molar-refractivity contribution in [3.8, 4) is 23.2 Å². The van der Waals surface area contributed by atoms with Crippen LogP contribution in [-0.2, 0) is 0 Å². The number of nitrogens with one attached hydrogen (secondary N) is 3. The molecule has 0 aliphatic heterocycles. The third-order valence-electron chi connectivity index (χ3n) is 4.07. The van der Waals surface area contributed by atoms with Crippen LogP contribution in [0.3, 0.4) is 0 Å². The lowest BCUT2D eigenvalue weighted by Crippen LogP contribution is -2.13. The van der Waals surface area contributed by atoms with Gasteiger partial charge in [-0.1, -0.05) is 6.07 Å². The van der Waals surface area contributed by atoms with E-state index < -0.39 is 0 Å². The first-order valence-corrected chi connectivity index (χ1v) is 7.94. The van der Waals surface area contributed by atoms with E-state index in [1.54, 1.807) is 31.4 Å². The predicted octanol–water partition coefficient (Wildman–Crippen LogP) is 2.48. The lowest BCUT2D eigenvalue weighted by atomic mass is 10.1. The summed E-state index contributed by atoms with van der Waals surface area (Å²) < 4.78 is 5.32. The number of H-pyrrole nitrogens is 2. The van der Waals surface area contributed by atoms with Crippen LogP contribution in [-0.4, -0.2) is 38.6 Å². The van der Waals surface area contributed by atoms with Gasteiger partial charge in [0.05, 0.1) is 24.4 Å². The number of fused-ring (bicyclic) bond motifs is 1. The zero-order valence-electron chi connectivity index (χ0n) is 14.1. The number of carbonyl (C=O) groups is 1. The molecule has 27 heavy (non-hydrogen) atoms. The Bertz CT molecular complexity index is 1170. The number of hydrogen-bond acceptors (Lipinski definition) is 6. The number of anilines is 1. The summed E-state index contributed by atoms with van der Waals surface area (Å²) in [5, 5.41) is 26.5. The van der Waals surface area contributed by atoms with E-state index >= 15 is 0 Å². The van der Waals surface area contributed by atoms with Gasteiger partial charge in [0.1, 0.15) is 11.4 Å². The molecule has 0 aliphatic rings. The van der Waals surface area contributed by atoms with Gasteiger partial charge in [-0.15, -0.1) is 10.2 Å². The average Bonchev–Trinajstić information content (AvgIpc) is 3.37. The van der Waals surface area contributed by atoms with Gasteiger partial charge in [0.15, 0.2) is 0 Å². The third kappa shape index (κ3) is 2.96.